The van der Waals surface area contributed by atoms with Gasteiger partial charge in [-0.15, -0.1) is 0 Å². The Morgan fingerprint density at radius 2 is 1.63 bits per heavy atom. The molecule has 0 saturated carbocycles. The minimum atomic E-state index is 0.413. The molecule has 6 heteroatoms. The quantitative estimate of drug-likeness (QED) is 0.430. The van der Waals surface area contributed by atoms with Crippen molar-refractivity contribution in [3.63, 3.8) is 0 Å². The van der Waals surface area contributed by atoms with Gasteiger partial charge in [-0.2, -0.15) is 5.10 Å². The summed E-state index contributed by atoms with van der Waals surface area (Å²) in [5, 5.41) is 5.64. The lowest BCUT2D eigenvalue weighted by atomic mass is 10.2. The van der Waals surface area contributed by atoms with E-state index in [-0.39, 0.29) is 0 Å². The summed E-state index contributed by atoms with van der Waals surface area (Å²) in [5.74, 6) is 2.27. The van der Waals surface area contributed by atoms with E-state index in [1.54, 1.807) is 12.4 Å². The standard InChI is InChI=1S/C24H19N5O/c1-17-26-24(29(28-17)21-12-14-25-15-13-21)19-7-10-22(11-8-19)30-16-20-9-6-18-4-2-3-5-23(18)27-20/h2-15H,16H2,1H3. The van der Waals surface area contributed by atoms with Crippen LogP contribution in [0.5, 0.6) is 5.75 Å². The molecule has 0 amide bonds. The van der Waals surface area contributed by atoms with Crippen LogP contribution in [0.25, 0.3) is 28.0 Å². The predicted octanol–water partition coefficient (Wildman–Crippen LogP) is 4.76. The van der Waals surface area contributed by atoms with Crippen molar-refractivity contribution in [1.82, 2.24) is 24.7 Å². The Morgan fingerprint density at radius 3 is 2.47 bits per heavy atom. The molecule has 3 aromatic heterocycles. The number of rotatable bonds is 5. The third kappa shape index (κ3) is 3.63. The van der Waals surface area contributed by atoms with Crippen molar-refractivity contribution in [2.24, 2.45) is 0 Å². The fourth-order valence-electron chi connectivity index (χ4n) is 3.31. The number of hydrogen-bond acceptors (Lipinski definition) is 5. The number of benzene rings is 2. The number of hydrogen-bond donors (Lipinski definition) is 0. The fraction of sp³-hybridized carbons (Fsp3) is 0.0833. The lowest BCUT2D eigenvalue weighted by Gasteiger charge is -2.09. The van der Waals surface area contributed by atoms with Gasteiger partial charge in [0.25, 0.3) is 0 Å². The van der Waals surface area contributed by atoms with Crippen molar-refractivity contribution in [1.29, 1.82) is 0 Å². The Morgan fingerprint density at radius 1 is 0.833 bits per heavy atom. The van der Waals surface area contributed by atoms with Crippen LogP contribution in [0.4, 0.5) is 0 Å². The van der Waals surface area contributed by atoms with E-state index in [2.05, 4.69) is 32.2 Å². The van der Waals surface area contributed by atoms with E-state index in [0.717, 1.165) is 39.4 Å². The van der Waals surface area contributed by atoms with Gasteiger partial charge in [-0.1, -0.05) is 24.3 Å². The molecule has 2 aromatic carbocycles. The lowest BCUT2D eigenvalue weighted by Crippen LogP contribution is -2.00. The smallest absolute Gasteiger partial charge is 0.163 e. The summed E-state index contributed by atoms with van der Waals surface area (Å²) in [5.41, 5.74) is 3.75. The van der Waals surface area contributed by atoms with Crippen LogP contribution in [-0.2, 0) is 6.61 Å². The number of pyridine rings is 2. The largest absolute Gasteiger partial charge is 0.487 e. The number of ether oxygens (including phenoxy) is 1. The van der Waals surface area contributed by atoms with Gasteiger partial charge in [0.15, 0.2) is 5.82 Å². The second-order valence-electron chi connectivity index (χ2n) is 6.91. The summed E-state index contributed by atoms with van der Waals surface area (Å²) < 4.78 is 7.76. The first-order valence-corrected chi connectivity index (χ1v) is 9.68. The monoisotopic (exact) mass is 393 g/mol. The van der Waals surface area contributed by atoms with E-state index in [9.17, 15) is 0 Å². The van der Waals surface area contributed by atoms with E-state index in [1.807, 2.05) is 72.3 Å². The first-order valence-electron chi connectivity index (χ1n) is 9.68. The molecule has 0 aliphatic carbocycles. The van der Waals surface area contributed by atoms with Crippen LogP contribution in [-0.4, -0.2) is 24.7 Å². The zero-order valence-electron chi connectivity index (χ0n) is 16.4. The number of nitrogens with zero attached hydrogens (tertiary/aromatic N) is 5. The van der Waals surface area contributed by atoms with Crippen LogP contribution >= 0.6 is 0 Å². The van der Waals surface area contributed by atoms with Gasteiger partial charge in [0.05, 0.1) is 16.9 Å². The Labute approximate surface area is 173 Å². The number of aryl methyl sites for hydroxylation is 1. The Bertz CT molecular complexity index is 1300. The van der Waals surface area contributed by atoms with Gasteiger partial charge in [-0.25, -0.2) is 14.6 Å². The van der Waals surface area contributed by atoms with Crippen LogP contribution in [0.3, 0.4) is 0 Å². The topological polar surface area (TPSA) is 65.7 Å². The molecule has 0 atom stereocenters. The highest BCUT2D eigenvalue weighted by Crippen LogP contribution is 2.24. The van der Waals surface area contributed by atoms with Crippen LogP contribution in [0.15, 0.2) is 85.2 Å². The van der Waals surface area contributed by atoms with Gasteiger partial charge in [0.2, 0.25) is 0 Å². The molecule has 0 unspecified atom stereocenters. The summed E-state index contributed by atoms with van der Waals surface area (Å²) in [6, 6.07) is 23.8. The van der Waals surface area contributed by atoms with Crippen LogP contribution < -0.4 is 4.74 Å². The average Bonchev–Trinajstić information content (AvgIpc) is 3.20. The van der Waals surface area contributed by atoms with Crippen molar-refractivity contribution < 1.29 is 4.74 Å². The van der Waals surface area contributed by atoms with Crippen molar-refractivity contribution >= 4 is 10.9 Å². The third-order valence-electron chi connectivity index (χ3n) is 4.78. The molecule has 3 heterocycles. The van der Waals surface area contributed by atoms with Crippen molar-refractivity contribution in [3.8, 4) is 22.8 Å². The van der Waals surface area contributed by atoms with Gasteiger partial charge in [0.1, 0.15) is 18.2 Å². The minimum Gasteiger partial charge on any atom is -0.487 e. The molecule has 0 bridgehead atoms. The van der Waals surface area contributed by atoms with E-state index in [1.165, 1.54) is 0 Å². The number of fused-ring (bicyclic) bond motifs is 1. The van der Waals surface area contributed by atoms with Gasteiger partial charge in [-0.3, -0.25) is 4.98 Å². The average molecular weight is 393 g/mol. The van der Waals surface area contributed by atoms with Gasteiger partial charge < -0.3 is 4.74 Å². The van der Waals surface area contributed by atoms with Crippen molar-refractivity contribution in [2.75, 3.05) is 0 Å². The van der Waals surface area contributed by atoms with Crippen molar-refractivity contribution in [3.05, 3.63) is 96.7 Å². The molecule has 0 saturated heterocycles. The molecule has 30 heavy (non-hydrogen) atoms. The molecule has 0 fully saturated rings. The summed E-state index contributed by atoms with van der Waals surface area (Å²) in [7, 11) is 0. The van der Waals surface area contributed by atoms with Crippen molar-refractivity contribution in [2.45, 2.75) is 13.5 Å². The van der Waals surface area contributed by atoms with Crippen LogP contribution in [0, 0.1) is 6.92 Å². The van der Waals surface area contributed by atoms with Gasteiger partial charge >= 0.3 is 0 Å². The molecule has 0 N–H and O–H groups in total. The van der Waals surface area contributed by atoms with E-state index in [0.29, 0.717) is 12.4 Å². The predicted molar refractivity (Wildman–Crippen MR) is 115 cm³/mol. The second kappa shape index (κ2) is 7.75. The molecule has 0 aliphatic rings. The molecule has 0 aliphatic heterocycles. The molecule has 146 valence electrons. The van der Waals surface area contributed by atoms with E-state index < -0.39 is 0 Å². The zero-order chi connectivity index (χ0) is 20.3. The van der Waals surface area contributed by atoms with Crippen LogP contribution in [0.2, 0.25) is 0 Å². The Hall–Kier alpha value is -4.06. The highest BCUT2D eigenvalue weighted by molar-refractivity contribution is 5.78. The Balaban J connectivity index is 1.35. The first-order chi connectivity index (χ1) is 14.8. The molecule has 6 nitrogen and oxygen atoms in total. The summed E-state index contributed by atoms with van der Waals surface area (Å²) in [6.45, 7) is 2.30. The maximum Gasteiger partial charge on any atom is 0.163 e. The maximum atomic E-state index is 5.94. The molecule has 0 spiro atoms. The number of aromatic nitrogens is 5. The lowest BCUT2D eigenvalue weighted by molar-refractivity contribution is 0.302. The zero-order valence-corrected chi connectivity index (χ0v) is 16.4. The normalized spacial score (nSPS) is 11.0. The first kappa shape index (κ1) is 18.0. The fourth-order valence-corrected chi connectivity index (χ4v) is 3.31. The highest BCUT2D eigenvalue weighted by atomic mass is 16.5. The minimum absolute atomic E-state index is 0.413. The highest BCUT2D eigenvalue weighted by Gasteiger charge is 2.12. The SMILES string of the molecule is Cc1nc(-c2ccc(OCc3ccc4ccccc4n3)cc2)n(-c2ccncc2)n1. The molecule has 5 rings (SSSR count). The van der Waals surface area contributed by atoms with Crippen LogP contribution in [0.1, 0.15) is 11.5 Å². The molecular weight excluding hydrogens is 374 g/mol. The maximum absolute atomic E-state index is 5.94. The van der Waals surface area contributed by atoms with Gasteiger partial charge in [-0.05, 0) is 55.5 Å². The third-order valence-corrected chi connectivity index (χ3v) is 4.78. The molecule has 5 aromatic rings. The molecular formula is C24H19N5O. The van der Waals surface area contributed by atoms with Gasteiger partial charge in [0, 0.05) is 23.3 Å². The second-order valence-corrected chi connectivity index (χ2v) is 6.91. The van der Waals surface area contributed by atoms with E-state index >= 15 is 0 Å². The number of para-hydroxylation sites is 1. The summed E-state index contributed by atoms with van der Waals surface area (Å²) in [6.07, 6.45) is 3.49. The Kier molecular flexibility index (Phi) is 4.65. The molecule has 0 radical (unpaired) electrons. The summed E-state index contributed by atoms with van der Waals surface area (Å²) in [4.78, 5) is 13.3. The summed E-state index contributed by atoms with van der Waals surface area (Å²) >= 11 is 0. The van der Waals surface area contributed by atoms with E-state index in [4.69, 9.17) is 4.74 Å².